The van der Waals surface area contributed by atoms with Crippen LogP contribution in [0.1, 0.15) is 23.2 Å². The van der Waals surface area contributed by atoms with Crippen molar-refractivity contribution in [2.45, 2.75) is 13.3 Å². The fraction of sp³-hybridized carbons (Fsp3) is 0.263. The highest BCUT2D eigenvalue weighted by molar-refractivity contribution is 6.07. The van der Waals surface area contributed by atoms with E-state index in [1.165, 1.54) is 21.3 Å². The van der Waals surface area contributed by atoms with E-state index in [9.17, 15) is 4.79 Å². The number of hydrogen-bond acceptors (Lipinski definition) is 6. The number of fused-ring (bicyclic) bond motifs is 1. The lowest BCUT2D eigenvalue weighted by Gasteiger charge is -2.15. The van der Waals surface area contributed by atoms with Gasteiger partial charge in [-0.05, 0) is 30.3 Å². The highest BCUT2D eigenvalue weighted by Crippen LogP contribution is 2.40. The van der Waals surface area contributed by atoms with Gasteiger partial charge in [0.25, 0.3) is 5.91 Å². The van der Waals surface area contributed by atoms with Crippen molar-refractivity contribution in [3.8, 4) is 17.2 Å². The van der Waals surface area contributed by atoms with Gasteiger partial charge in [-0.15, -0.1) is 0 Å². The number of benzene rings is 2. The molecule has 2 aromatic carbocycles. The molecule has 7 nitrogen and oxygen atoms in total. The minimum atomic E-state index is -0.332. The van der Waals surface area contributed by atoms with Crippen LogP contribution >= 0.6 is 0 Å². The molecular weight excluding hydrogens is 336 g/mol. The lowest BCUT2D eigenvalue weighted by Crippen LogP contribution is -2.14. The number of aryl methyl sites for hydroxylation is 1. The third kappa shape index (κ3) is 3.15. The first-order valence-corrected chi connectivity index (χ1v) is 8.11. The molecule has 0 bridgehead atoms. The van der Waals surface area contributed by atoms with Gasteiger partial charge in [0.1, 0.15) is 5.52 Å². The zero-order valence-corrected chi connectivity index (χ0v) is 15.1. The molecule has 0 aliphatic rings. The number of amides is 1. The lowest BCUT2D eigenvalue weighted by molar-refractivity contribution is 0.102. The van der Waals surface area contributed by atoms with Gasteiger partial charge in [-0.25, -0.2) is 4.98 Å². The van der Waals surface area contributed by atoms with Crippen molar-refractivity contribution in [3.05, 3.63) is 41.8 Å². The Morgan fingerprint density at radius 1 is 1.08 bits per heavy atom. The number of hydrogen-bond donors (Lipinski definition) is 1. The van der Waals surface area contributed by atoms with Gasteiger partial charge in [-0.2, -0.15) is 0 Å². The van der Waals surface area contributed by atoms with E-state index in [0.717, 1.165) is 0 Å². The van der Waals surface area contributed by atoms with Crippen molar-refractivity contribution >= 4 is 22.7 Å². The van der Waals surface area contributed by atoms with E-state index in [1.807, 2.05) is 6.92 Å². The van der Waals surface area contributed by atoms with Gasteiger partial charge in [-0.3, -0.25) is 4.79 Å². The van der Waals surface area contributed by atoms with Crippen molar-refractivity contribution in [1.29, 1.82) is 0 Å². The van der Waals surface area contributed by atoms with Crippen LogP contribution in [0.5, 0.6) is 17.2 Å². The average molecular weight is 356 g/mol. The number of anilines is 1. The van der Waals surface area contributed by atoms with Crippen LogP contribution in [0, 0.1) is 0 Å². The van der Waals surface area contributed by atoms with Crippen LogP contribution in [0.25, 0.3) is 11.1 Å². The topological polar surface area (TPSA) is 82.8 Å². The molecule has 0 radical (unpaired) electrons. The Kier molecular flexibility index (Phi) is 4.97. The SMILES string of the molecule is CCc1nc2cc(NC(=O)c3ccc(OC)c(OC)c3OC)ccc2o1. The van der Waals surface area contributed by atoms with Gasteiger partial charge in [0.2, 0.25) is 5.75 Å². The molecule has 1 N–H and O–H groups in total. The van der Waals surface area contributed by atoms with Gasteiger partial charge >= 0.3 is 0 Å². The van der Waals surface area contributed by atoms with Crippen molar-refractivity contribution in [2.75, 3.05) is 26.6 Å². The summed E-state index contributed by atoms with van der Waals surface area (Å²) >= 11 is 0. The second-order valence-corrected chi connectivity index (χ2v) is 5.48. The van der Waals surface area contributed by atoms with Crippen molar-refractivity contribution in [3.63, 3.8) is 0 Å². The van der Waals surface area contributed by atoms with Crippen LogP contribution in [-0.4, -0.2) is 32.2 Å². The lowest BCUT2D eigenvalue weighted by atomic mass is 10.1. The average Bonchev–Trinajstić information content (AvgIpc) is 3.08. The molecule has 7 heteroatoms. The standard InChI is InChI=1S/C19H20N2O5/c1-5-16-21-13-10-11(6-8-14(13)26-16)20-19(22)12-7-9-15(23-2)18(25-4)17(12)24-3/h6-10H,5H2,1-4H3,(H,20,22). The predicted molar refractivity (Wildman–Crippen MR) is 97.4 cm³/mol. The second kappa shape index (κ2) is 7.35. The molecule has 3 aromatic rings. The van der Waals surface area contributed by atoms with E-state index in [2.05, 4.69) is 10.3 Å². The number of carbonyl (C=O) groups excluding carboxylic acids is 1. The quantitative estimate of drug-likeness (QED) is 0.726. The first-order chi connectivity index (χ1) is 12.6. The normalized spacial score (nSPS) is 10.6. The number of nitrogens with one attached hydrogen (secondary N) is 1. The first-order valence-electron chi connectivity index (χ1n) is 8.11. The largest absolute Gasteiger partial charge is 0.493 e. The third-order valence-corrected chi connectivity index (χ3v) is 3.94. The number of aromatic nitrogens is 1. The zero-order valence-electron chi connectivity index (χ0n) is 15.1. The summed E-state index contributed by atoms with van der Waals surface area (Å²) in [6, 6.07) is 8.59. The minimum Gasteiger partial charge on any atom is -0.493 e. The van der Waals surface area contributed by atoms with Gasteiger partial charge in [0, 0.05) is 12.1 Å². The van der Waals surface area contributed by atoms with Crippen LogP contribution in [-0.2, 0) is 6.42 Å². The van der Waals surface area contributed by atoms with Gasteiger partial charge in [0.05, 0.1) is 26.9 Å². The van der Waals surface area contributed by atoms with Gasteiger partial charge in [0.15, 0.2) is 23.0 Å². The molecule has 1 heterocycles. The fourth-order valence-corrected chi connectivity index (χ4v) is 2.68. The zero-order chi connectivity index (χ0) is 18.7. The maximum absolute atomic E-state index is 12.7. The van der Waals surface area contributed by atoms with E-state index in [1.54, 1.807) is 30.3 Å². The molecule has 0 saturated heterocycles. The monoisotopic (exact) mass is 356 g/mol. The number of carbonyl (C=O) groups is 1. The minimum absolute atomic E-state index is 0.306. The van der Waals surface area contributed by atoms with Crippen LogP contribution in [0.2, 0.25) is 0 Å². The van der Waals surface area contributed by atoms with E-state index in [-0.39, 0.29) is 5.91 Å². The maximum Gasteiger partial charge on any atom is 0.259 e. The van der Waals surface area contributed by atoms with Crippen LogP contribution < -0.4 is 19.5 Å². The Labute approximate surface area is 150 Å². The molecule has 0 atom stereocenters. The molecule has 1 amide bonds. The highest BCUT2D eigenvalue weighted by Gasteiger charge is 2.21. The van der Waals surface area contributed by atoms with Crippen LogP contribution in [0.15, 0.2) is 34.7 Å². The Bertz CT molecular complexity index is 948. The third-order valence-electron chi connectivity index (χ3n) is 3.94. The van der Waals surface area contributed by atoms with Crippen molar-refractivity contribution in [1.82, 2.24) is 4.98 Å². The molecule has 3 rings (SSSR count). The summed E-state index contributed by atoms with van der Waals surface area (Å²) < 4.78 is 21.5. The summed E-state index contributed by atoms with van der Waals surface area (Å²) in [6.45, 7) is 1.97. The van der Waals surface area contributed by atoms with Crippen LogP contribution in [0.3, 0.4) is 0 Å². The van der Waals surface area contributed by atoms with Crippen molar-refractivity contribution < 1.29 is 23.4 Å². The Balaban J connectivity index is 1.92. The molecule has 0 spiro atoms. The number of methoxy groups -OCH3 is 3. The van der Waals surface area contributed by atoms with Gasteiger partial charge in [-0.1, -0.05) is 6.92 Å². The van der Waals surface area contributed by atoms with Crippen LogP contribution in [0.4, 0.5) is 5.69 Å². The summed E-state index contributed by atoms with van der Waals surface area (Å²) in [4.78, 5) is 17.1. The predicted octanol–water partition coefficient (Wildman–Crippen LogP) is 3.67. The first kappa shape index (κ1) is 17.6. The molecule has 0 fully saturated rings. The number of oxazole rings is 1. The Hall–Kier alpha value is -3.22. The summed E-state index contributed by atoms with van der Waals surface area (Å²) in [5.41, 5.74) is 2.32. The van der Waals surface area contributed by atoms with E-state index in [4.69, 9.17) is 18.6 Å². The summed E-state index contributed by atoms with van der Waals surface area (Å²) in [5.74, 6) is 1.48. The molecular formula is C19H20N2O5. The molecule has 1 aromatic heterocycles. The smallest absolute Gasteiger partial charge is 0.259 e. The van der Waals surface area contributed by atoms with E-state index >= 15 is 0 Å². The highest BCUT2D eigenvalue weighted by atomic mass is 16.5. The molecule has 0 unspecified atom stereocenters. The number of ether oxygens (including phenoxy) is 3. The summed E-state index contributed by atoms with van der Waals surface area (Å²) in [6.07, 6.45) is 0.708. The summed E-state index contributed by atoms with van der Waals surface area (Å²) in [7, 11) is 4.49. The molecule has 0 saturated carbocycles. The number of rotatable bonds is 6. The molecule has 26 heavy (non-hydrogen) atoms. The summed E-state index contributed by atoms with van der Waals surface area (Å²) in [5, 5.41) is 2.84. The molecule has 136 valence electrons. The van der Waals surface area contributed by atoms with Gasteiger partial charge < -0.3 is 23.9 Å². The fourth-order valence-electron chi connectivity index (χ4n) is 2.68. The van der Waals surface area contributed by atoms with E-state index < -0.39 is 0 Å². The number of nitrogens with zero attached hydrogens (tertiary/aromatic N) is 1. The maximum atomic E-state index is 12.7. The Morgan fingerprint density at radius 3 is 2.50 bits per heavy atom. The van der Waals surface area contributed by atoms with E-state index in [0.29, 0.717) is 51.9 Å². The van der Waals surface area contributed by atoms with Crippen molar-refractivity contribution in [2.24, 2.45) is 0 Å². The second-order valence-electron chi connectivity index (χ2n) is 5.48. The molecule has 0 aliphatic carbocycles. The Morgan fingerprint density at radius 2 is 1.85 bits per heavy atom. The molecule has 0 aliphatic heterocycles.